The number of ether oxygens (including phenoxy) is 3. The number of allylic oxidation sites excluding steroid dienone is 10. The standard InChI is InChI=1S/C56H98O6/c1-4-7-10-13-16-19-22-25-28-31-34-37-40-43-46-49-55(58)61-52-53(51-60-54(57)48-45-42-39-36-33-30-27-24-21-18-15-12-9-6-3)62-56(59)50-47-44-41-38-35-32-29-26-23-20-17-14-11-8-5-2/h16-17,19-20,24-29,53H,4-15,18,21-23,30-52H2,1-3H3/b19-16-,20-17-,27-24-,28-25-,29-26-. The van der Waals surface area contributed by atoms with E-state index in [4.69, 9.17) is 14.2 Å². The van der Waals surface area contributed by atoms with Gasteiger partial charge >= 0.3 is 17.9 Å². The van der Waals surface area contributed by atoms with E-state index in [1.54, 1.807) is 0 Å². The van der Waals surface area contributed by atoms with Crippen LogP contribution in [0, 0.1) is 0 Å². The van der Waals surface area contributed by atoms with Gasteiger partial charge in [0.1, 0.15) is 13.2 Å². The first kappa shape index (κ1) is 59.1. The summed E-state index contributed by atoms with van der Waals surface area (Å²) in [6, 6.07) is 0. The topological polar surface area (TPSA) is 78.9 Å². The van der Waals surface area contributed by atoms with Crippen molar-refractivity contribution in [2.75, 3.05) is 13.2 Å². The number of hydrogen-bond donors (Lipinski definition) is 0. The monoisotopic (exact) mass is 867 g/mol. The molecule has 0 N–H and O–H groups in total. The molecule has 0 rings (SSSR count). The number of esters is 3. The van der Waals surface area contributed by atoms with Crippen LogP contribution >= 0.6 is 0 Å². The molecule has 0 aromatic heterocycles. The molecule has 0 saturated carbocycles. The Morgan fingerprint density at radius 1 is 0.323 bits per heavy atom. The second-order valence-corrected chi connectivity index (χ2v) is 17.4. The summed E-state index contributed by atoms with van der Waals surface area (Å²) < 4.78 is 16.8. The van der Waals surface area contributed by atoms with Crippen molar-refractivity contribution in [1.29, 1.82) is 0 Å². The highest BCUT2D eigenvalue weighted by Gasteiger charge is 2.19. The number of carbonyl (C=O) groups excluding carboxylic acids is 3. The maximum atomic E-state index is 12.8. The Morgan fingerprint density at radius 2 is 0.581 bits per heavy atom. The molecule has 6 nitrogen and oxygen atoms in total. The molecule has 1 atom stereocenters. The Kier molecular flexibility index (Phi) is 48.4. The maximum Gasteiger partial charge on any atom is 0.306 e. The van der Waals surface area contributed by atoms with Crippen LogP contribution in [0.25, 0.3) is 0 Å². The molecule has 6 heteroatoms. The molecule has 0 spiro atoms. The van der Waals surface area contributed by atoms with E-state index in [1.807, 2.05) is 0 Å². The molecule has 0 heterocycles. The van der Waals surface area contributed by atoms with Gasteiger partial charge < -0.3 is 14.2 Å². The van der Waals surface area contributed by atoms with Gasteiger partial charge in [0, 0.05) is 19.3 Å². The molecule has 0 aromatic carbocycles. The van der Waals surface area contributed by atoms with Gasteiger partial charge in [-0.3, -0.25) is 14.4 Å². The van der Waals surface area contributed by atoms with Gasteiger partial charge in [0.05, 0.1) is 0 Å². The van der Waals surface area contributed by atoms with Gasteiger partial charge in [-0.1, -0.05) is 191 Å². The highest BCUT2D eigenvalue weighted by molar-refractivity contribution is 5.71. The summed E-state index contributed by atoms with van der Waals surface area (Å²) in [5.74, 6) is -0.920. The Morgan fingerprint density at radius 3 is 0.935 bits per heavy atom. The van der Waals surface area contributed by atoms with Crippen molar-refractivity contribution in [3.05, 3.63) is 60.8 Å². The lowest BCUT2D eigenvalue weighted by molar-refractivity contribution is -0.167. The van der Waals surface area contributed by atoms with Crippen LogP contribution in [0.1, 0.15) is 258 Å². The molecule has 0 saturated heterocycles. The van der Waals surface area contributed by atoms with E-state index in [0.717, 1.165) is 109 Å². The summed E-state index contributed by atoms with van der Waals surface area (Å²) in [4.78, 5) is 38.0. The van der Waals surface area contributed by atoms with Crippen molar-refractivity contribution in [3.63, 3.8) is 0 Å². The summed E-state index contributed by atoms with van der Waals surface area (Å²) in [7, 11) is 0. The van der Waals surface area contributed by atoms with Crippen LogP contribution in [0.15, 0.2) is 60.8 Å². The van der Waals surface area contributed by atoms with E-state index in [2.05, 4.69) is 81.5 Å². The van der Waals surface area contributed by atoms with Crippen molar-refractivity contribution in [3.8, 4) is 0 Å². The van der Waals surface area contributed by atoms with Crippen molar-refractivity contribution >= 4 is 17.9 Å². The van der Waals surface area contributed by atoms with E-state index in [-0.39, 0.29) is 31.1 Å². The van der Waals surface area contributed by atoms with E-state index < -0.39 is 6.10 Å². The van der Waals surface area contributed by atoms with Crippen molar-refractivity contribution < 1.29 is 28.6 Å². The predicted molar refractivity (Wildman–Crippen MR) is 265 cm³/mol. The zero-order valence-electron chi connectivity index (χ0n) is 40.9. The molecule has 0 bridgehead atoms. The molecular formula is C56H98O6. The predicted octanol–water partition coefficient (Wildman–Crippen LogP) is 17.3. The highest BCUT2D eigenvalue weighted by atomic mass is 16.6. The van der Waals surface area contributed by atoms with Gasteiger partial charge in [0.2, 0.25) is 0 Å². The number of hydrogen-bond acceptors (Lipinski definition) is 6. The lowest BCUT2D eigenvalue weighted by Crippen LogP contribution is -2.30. The van der Waals surface area contributed by atoms with Gasteiger partial charge in [-0.05, 0) is 109 Å². The Bertz CT molecular complexity index is 1130. The largest absolute Gasteiger partial charge is 0.462 e. The van der Waals surface area contributed by atoms with Crippen LogP contribution in [-0.4, -0.2) is 37.2 Å². The lowest BCUT2D eigenvalue weighted by Gasteiger charge is -2.18. The van der Waals surface area contributed by atoms with Gasteiger partial charge in [-0.15, -0.1) is 0 Å². The molecule has 62 heavy (non-hydrogen) atoms. The van der Waals surface area contributed by atoms with Crippen molar-refractivity contribution in [1.82, 2.24) is 0 Å². The van der Waals surface area contributed by atoms with Gasteiger partial charge in [-0.2, -0.15) is 0 Å². The second-order valence-electron chi connectivity index (χ2n) is 17.4. The zero-order chi connectivity index (χ0) is 45.1. The number of rotatable bonds is 47. The fraction of sp³-hybridized carbons (Fsp3) is 0.768. The fourth-order valence-electron chi connectivity index (χ4n) is 7.20. The Balaban J connectivity index is 4.44. The minimum Gasteiger partial charge on any atom is -0.462 e. The van der Waals surface area contributed by atoms with Crippen LogP contribution < -0.4 is 0 Å². The zero-order valence-corrected chi connectivity index (χ0v) is 40.9. The van der Waals surface area contributed by atoms with Crippen LogP contribution in [0.3, 0.4) is 0 Å². The summed E-state index contributed by atoms with van der Waals surface area (Å²) >= 11 is 0. The Hall–Kier alpha value is -2.89. The molecule has 0 aliphatic carbocycles. The van der Waals surface area contributed by atoms with Gasteiger partial charge in [0.15, 0.2) is 6.10 Å². The molecule has 0 amide bonds. The first-order valence-corrected chi connectivity index (χ1v) is 26.3. The van der Waals surface area contributed by atoms with Gasteiger partial charge in [0.25, 0.3) is 0 Å². The normalized spacial score (nSPS) is 12.5. The molecule has 358 valence electrons. The summed E-state index contributed by atoms with van der Waals surface area (Å²) in [6.07, 6.45) is 61.9. The molecule has 1 unspecified atom stereocenters. The quantitative estimate of drug-likeness (QED) is 0.0262. The van der Waals surface area contributed by atoms with E-state index >= 15 is 0 Å². The molecule has 0 fully saturated rings. The second kappa shape index (κ2) is 50.8. The maximum absolute atomic E-state index is 12.8. The average Bonchev–Trinajstić information content (AvgIpc) is 3.27. The van der Waals surface area contributed by atoms with E-state index in [9.17, 15) is 14.4 Å². The van der Waals surface area contributed by atoms with Crippen LogP contribution in [0.4, 0.5) is 0 Å². The fourth-order valence-corrected chi connectivity index (χ4v) is 7.20. The third-order valence-corrected chi connectivity index (χ3v) is 11.2. The number of carbonyl (C=O) groups is 3. The van der Waals surface area contributed by atoms with E-state index in [1.165, 1.54) is 109 Å². The molecular weight excluding hydrogens is 769 g/mol. The molecule has 0 radical (unpaired) electrons. The average molecular weight is 867 g/mol. The van der Waals surface area contributed by atoms with Crippen molar-refractivity contribution in [2.24, 2.45) is 0 Å². The summed E-state index contributed by atoms with van der Waals surface area (Å²) in [6.45, 7) is 6.55. The van der Waals surface area contributed by atoms with Crippen LogP contribution in [0.5, 0.6) is 0 Å². The lowest BCUT2D eigenvalue weighted by atomic mass is 10.1. The van der Waals surface area contributed by atoms with Crippen LogP contribution in [0.2, 0.25) is 0 Å². The minimum atomic E-state index is -0.789. The third-order valence-electron chi connectivity index (χ3n) is 11.2. The Labute approximate surface area is 383 Å². The minimum absolute atomic E-state index is 0.0886. The highest BCUT2D eigenvalue weighted by Crippen LogP contribution is 2.14. The van der Waals surface area contributed by atoms with Crippen LogP contribution in [-0.2, 0) is 28.6 Å². The summed E-state index contributed by atoms with van der Waals surface area (Å²) in [5.41, 5.74) is 0. The number of unbranched alkanes of at least 4 members (excludes halogenated alkanes) is 26. The smallest absolute Gasteiger partial charge is 0.306 e. The first-order valence-electron chi connectivity index (χ1n) is 26.3. The van der Waals surface area contributed by atoms with Gasteiger partial charge in [-0.25, -0.2) is 0 Å². The third kappa shape index (κ3) is 48.1. The molecule has 0 aliphatic rings. The molecule has 0 aliphatic heterocycles. The summed E-state index contributed by atoms with van der Waals surface area (Å²) in [5, 5.41) is 0. The molecule has 0 aromatic rings. The van der Waals surface area contributed by atoms with Crippen molar-refractivity contribution in [2.45, 2.75) is 264 Å². The SMILES string of the molecule is CCCCC/C=C\C/C=C\CCCCCCCC(=O)OCC(COC(=O)CCCCCCC/C=C\CCCCCCC)OC(=O)CCCCCCC/C=C\C/C=C\CCCCC. The van der Waals surface area contributed by atoms with E-state index in [0.29, 0.717) is 19.3 Å². The first-order chi connectivity index (χ1) is 30.5.